The van der Waals surface area contributed by atoms with Crippen LogP contribution in [0.2, 0.25) is 5.02 Å². The zero-order chi connectivity index (χ0) is 25.6. The molecule has 0 spiro atoms. The number of hydrogen-bond acceptors (Lipinski definition) is 5. The Morgan fingerprint density at radius 2 is 2.00 bits per heavy atom. The van der Waals surface area contributed by atoms with Crippen LogP contribution < -0.4 is 15.8 Å². The van der Waals surface area contributed by atoms with E-state index in [1.54, 1.807) is 12.1 Å². The van der Waals surface area contributed by atoms with Gasteiger partial charge in [-0.05, 0) is 49.1 Å². The van der Waals surface area contributed by atoms with Crippen LogP contribution >= 0.6 is 11.6 Å². The summed E-state index contributed by atoms with van der Waals surface area (Å²) < 4.78 is 47.0. The van der Waals surface area contributed by atoms with Crippen molar-refractivity contribution in [3.63, 3.8) is 0 Å². The number of rotatable bonds is 5. The van der Waals surface area contributed by atoms with E-state index in [1.165, 1.54) is 19.5 Å². The molecular formula is C25H21ClF3N5O2. The molecule has 36 heavy (non-hydrogen) atoms. The number of hydrogen-bond donors (Lipinski definition) is 2. The zero-order valence-electron chi connectivity index (χ0n) is 19.1. The number of nitrogen functional groups attached to an aromatic ring is 1. The molecule has 0 saturated carbocycles. The van der Waals surface area contributed by atoms with Crippen LogP contribution in [0.15, 0.2) is 42.7 Å². The van der Waals surface area contributed by atoms with Crippen LogP contribution in [0.4, 0.5) is 24.7 Å². The molecule has 2 aromatic heterocycles. The Balaban J connectivity index is 1.44. The highest BCUT2D eigenvalue weighted by Crippen LogP contribution is 2.38. The van der Waals surface area contributed by atoms with Crippen molar-refractivity contribution in [3.8, 4) is 11.4 Å². The first-order chi connectivity index (χ1) is 17.2. The quantitative estimate of drug-likeness (QED) is 0.373. The van der Waals surface area contributed by atoms with Crippen LogP contribution in [0, 0.1) is 0 Å². The first kappa shape index (κ1) is 23.9. The highest BCUT2D eigenvalue weighted by atomic mass is 35.5. The third-order valence-electron chi connectivity index (χ3n) is 6.25. The molecule has 0 radical (unpaired) electrons. The average Bonchev–Trinajstić information content (AvgIpc) is 3.42. The second kappa shape index (κ2) is 9.02. The maximum atomic E-state index is 13.1. The van der Waals surface area contributed by atoms with Crippen molar-refractivity contribution in [2.24, 2.45) is 0 Å². The monoisotopic (exact) mass is 515 g/mol. The Bertz CT molecular complexity index is 1500. The van der Waals surface area contributed by atoms with Gasteiger partial charge in [-0.25, -0.2) is 9.97 Å². The second-order valence-electron chi connectivity index (χ2n) is 8.48. The Hall–Kier alpha value is -3.79. The molecule has 7 nitrogen and oxygen atoms in total. The van der Waals surface area contributed by atoms with Gasteiger partial charge in [0.1, 0.15) is 17.6 Å². The number of benzene rings is 2. The molecule has 0 saturated heterocycles. The molecule has 1 aliphatic carbocycles. The van der Waals surface area contributed by atoms with E-state index in [1.807, 2.05) is 10.6 Å². The molecule has 4 aromatic rings. The van der Waals surface area contributed by atoms with Crippen LogP contribution in [-0.4, -0.2) is 27.6 Å². The van der Waals surface area contributed by atoms with Gasteiger partial charge in [-0.2, -0.15) is 13.2 Å². The van der Waals surface area contributed by atoms with E-state index in [-0.39, 0.29) is 12.1 Å². The topological polar surface area (TPSA) is 95.1 Å². The van der Waals surface area contributed by atoms with Gasteiger partial charge < -0.3 is 20.4 Å². The van der Waals surface area contributed by atoms with Crippen molar-refractivity contribution in [1.29, 1.82) is 0 Å². The lowest BCUT2D eigenvalue weighted by Crippen LogP contribution is -2.16. The Morgan fingerprint density at radius 1 is 1.19 bits per heavy atom. The molecular weight excluding hydrogens is 495 g/mol. The second-order valence-corrected chi connectivity index (χ2v) is 8.89. The highest BCUT2D eigenvalue weighted by Gasteiger charge is 2.33. The van der Waals surface area contributed by atoms with Crippen molar-refractivity contribution in [2.45, 2.75) is 31.9 Å². The Morgan fingerprint density at radius 3 is 2.75 bits per heavy atom. The lowest BCUT2D eigenvalue weighted by Gasteiger charge is -2.15. The molecule has 0 aliphatic heterocycles. The van der Waals surface area contributed by atoms with Gasteiger partial charge in [-0.1, -0.05) is 17.7 Å². The first-order valence-corrected chi connectivity index (χ1v) is 11.5. The minimum Gasteiger partial charge on any atom is -0.496 e. The number of nitrogens with one attached hydrogen (secondary N) is 1. The van der Waals surface area contributed by atoms with E-state index >= 15 is 0 Å². The van der Waals surface area contributed by atoms with Crippen LogP contribution in [0.3, 0.4) is 0 Å². The molecule has 0 fully saturated rings. The molecule has 1 aliphatic rings. The molecule has 2 heterocycles. The number of carbonyl (C=O) groups excluding carboxylic acids is 1. The Kier molecular flexibility index (Phi) is 5.99. The largest absolute Gasteiger partial charge is 0.496 e. The first-order valence-electron chi connectivity index (χ1n) is 11.1. The summed E-state index contributed by atoms with van der Waals surface area (Å²) in [5, 5.41) is 2.06. The molecule has 2 aromatic carbocycles. The summed E-state index contributed by atoms with van der Waals surface area (Å²) in [6, 6.07) is 8.64. The number of ether oxygens (including phenoxy) is 1. The predicted molar refractivity (Wildman–Crippen MR) is 131 cm³/mol. The van der Waals surface area contributed by atoms with Gasteiger partial charge in [-0.15, -0.1) is 0 Å². The summed E-state index contributed by atoms with van der Waals surface area (Å²) in [6.45, 7) is 0. The number of nitrogens with two attached hydrogens (primary N) is 1. The summed E-state index contributed by atoms with van der Waals surface area (Å²) in [4.78, 5) is 21.3. The normalized spacial score (nSPS) is 13.1. The van der Waals surface area contributed by atoms with Gasteiger partial charge in [0, 0.05) is 28.7 Å². The smallest absolute Gasteiger partial charge is 0.417 e. The molecule has 0 atom stereocenters. The van der Waals surface area contributed by atoms with E-state index in [2.05, 4.69) is 15.3 Å². The summed E-state index contributed by atoms with van der Waals surface area (Å²) in [5.74, 6) is 0.332. The van der Waals surface area contributed by atoms with Crippen LogP contribution in [0.25, 0.3) is 16.7 Å². The lowest BCUT2D eigenvalue weighted by molar-refractivity contribution is -0.137. The fraction of sp³-hybridized carbons (Fsp3) is 0.240. The summed E-state index contributed by atoms with van der Waals surface area (Å²) in [7, 11) is 1.49. The van der Waals surface area contributed by atoms with E-state index in [0.29, 0.717) is 17.1 Å². The number of aromatic nitrogens is 3. The fourth-order valence-electron chi connectivity index (χ4n) is 4.70. The number of carbonyl (C=O) groups is 1. The number of halogens is 4. The van der Waals surface area contributed by atoms with Crippen molar-refractivity contribution < 1.29 is 22.7 Å². The van der Waals surface area contributed by atoms with Crippen molar-refractivity contribution >= 4 is 40.0 Å². The fourth-order valence-corrected chi connectivity index (χ4v) is 4.92. The van der Waals surface area contributed by atoms with E-state index < -0.39 is 22.7 Å². The average molecular weight is 516 g/mol. The minimum atomic E-state index is -4.63. The van der Waals surface area contributed by atoms with Gasteiger partial charge in [0.05, 0.1) is 29.6 Å². The number of nitrogens with zero attached hydrogens (tertiary/aromatic N) is 3. The molecule has 3 N–H and O–H groups in total. The van der Waals surface area contributed by atoms with E-state index in [4.69, 9.17) is 22.1 Å². The van der Waals surface area contributed by atoms with Gasteiger partial charge in [0.25, 0.3) is 0 Å². The van der Waals surface area contributed by atoms with Gasteiger partial charge in [-0.3, -0.25) is 4.79 Å². The number of amides is 1. The summed E-state index contributed by atoms with van der Waals surface area (Å²) >= 11 is 5.66. The van der Waals surface area contributed by atoms with E-state index in [9.17, 15) is 18.0 Å². The molecule has 11 heteroatoms. The highest BCUT2D eigenvalue weighted by molar-refractivity contribution is 6.31. The van der Waals surface area contributed by atoms with Gasteiger partial charge in [0.2, 0.25) is 5.91 Å². The molecule has 5 rings (SSSR count). The molecule has 0 bridgehead atoms. The maximum absolute atomic E-state index is 13.1. The van der Waals surface area contributed by atoms with E-state index in [0.717, 1.165) is 59.4 Å². The number of methoxy groups -OCH3 is 1. The molecule has 0 unspecified atom stereocenters. The summed E-state index contributed by atoms with van der Waals surface area (Å²) in [5.41, 5.74) is 10.4. The van der Waals surface area contributed by atoms with Crippen LogP contribution in [0.5, 0.6) is 5.75 Å². The number of aryl methyl sites for hydroxylation is 1. The maximum Gasteiger partial charge on any atom is 0.417 e. The Labute approximate surface area is 209 Å². The predicted octanol–water partition coefficient (Wildman–Crippen LogP) is 5.35. The van der Waals surface area contributed by atoms with Crippen LogP contribution in [-0.2, 0) is 30.2 Å². The zero-order valence-corrected chi connectivity index (χ0v) is 19.9. The third-order valence-corrected chi connectivity index (χ3v) is 6.58. The number of anilines is 2. The number of fused-ring (bicyclic) bond motifs is 3. The van der Waals surface area contributed by atoms with Crippen molar-refractivity contribution in [1.82, 2.24) is 14.5 Å². The van der Waals surface area contributed by atoms with Crippen molar-refractivity contribution in [3.05, 3.63) is 70.1 Å². The lowest BCUT2D eigenvalue weighted by atomic mass is 10.1. The molecule has 1 amide bonds. The standard InChI is InChI=1S/C25H21ClF3N5O2/c1-36-20-11-15(34-19-4-2-3-16(19)22-23(34)24(30)32-12-31-22)7-5-13(20)9-21(35)33-14-6-8-18(26)17(10-14)25(27,28)29/h5-8,10-12H,2-4,9H2,1H3,(H,33,35)(H2,30,31,32). The minimum absolute atomic E-state index is 0.00263. The third kappa shape index (κ3) is 4.21. The number of alkyl halides is 3. The van der Waals surface area contributed by atoms with Gasteiger partial charge >= 0.3 is 6.18 Å². The van der Waals surface area contributed by atoms with Crippen LogP contribution in [0.1, 0.15) is 28.8 Å². The SMILES string of the molecule is COc1cc(-n2c3c(c4ncnc(N)c42)CCC3)ccc1CC(=O)Nc1ccc(Cl)c(C(F)(F)F)c1. The van der Waals surface area contributed by atoms with Gasteiger partial charge in [0.15, 0.2) is 5.82 Å². The van der Waals surface area contributed by atoms with Crippen molar-refractivity contribution in [2.75, 3.05) is 18.2 Å². The summed E-state index contributed by atoms with van der Waals surface area (Å²) in [6.07, 6.45) is -0.483. The molecule has 186 valence electrons.